The highest BCUT2D eigenvalue weighted by molar-refractivity contribution is 5.53. The minimum absolute atomic E-state index is 0.863. The highest BCUT2D eigenvalue weighted by Crippen LogP contribution is 2.14. The van der Waals surface area contributed by atoms with Crippen molar-refractivity contribution in [2.24, 2.45) is 0 Å². The topological polar surface area (TPSA) is 24.1 Å². The van der Waals surface area contributed by atoms with Gasteiger partial charge in [-0.15, -0.1) is 0 Å². The van der Waals surface area contributed by atoms with Crippen LogP contribution in [0.5, 0.6) is 0 Å². The molecule has 2 heteroatoms. The van der Waals surface area contributed by atoms with Crippen molar-refractivity contribution in [1.29, 1.82) is 0 Å². The summed E-state index contributed by atoms with van der Waals surface area (Å²) in [6, 6.07) is 17.0. The maximum absolute atomic E-state index is 3.43. The van der Waals surface area contributed by atoms with E-state index in [2.05, 4.69) is 73.0 Å². The van der Waals surface area contributed by atoms with Gasteiger partial charge in [0.2, 0.25) is 0 Å². The van der Waals surface area contributed by atoms with E-state index in [0.717, 1.165) is 18.8 Å². The largest absolute Gasteiger partial charge is 0.385 e. The molecule has 0 unspecified atom stereocenters. The lowest BCUT2D eigenvalue weighted by atomic mass is 10.1. The predicted molar refractivity (Wildman–Crippen MR) is 79.1 cm³/mol. The molecule has 2 rings (SSSR count). The van der Waals surface area contributed by atoms with Crippen LogP contribution in [0.2, 0.25) is 0 Å². The molecule has 2 aromatic rings. The average molecular weight is 240 g/mol. The van der Waals surface area contributed by atoms with E-state index in [1.165, 1.54) is 16.8 Å². The van der Waals surface area contributed by atoms with Crippen molar-refractivity contribution in [2.45, 2.75) is 20.4 Å². The lowest BCUT2D eigenvalue weighted by Crippen LogP contribution is -2.00. The summed E-state index contributed by atoms with van der Waals surface area (Å²) in [6.07, 6.45) is 0. The number of hydrogen-bond acceptors (Lipinski definition) is 2. The SMILES string of the molecule is CCNc1ccc(NCc2cccc(C)c2)cc1. The van der Waals surface area contributed by atoms with Gasteiger partial charge in [0.25, 0.3) is 0 Å². The first-order chi connectivity index (χ1) is 8.78. The summed E-state index contributed by atoms with van der Waals surface area (Å²) < 4.78 is 0. The van der Waals surface area contributed by atoms with Gasteiger partial charge in [-0.2, -0.15) is 0 Å². The Balaban J connectivity index is 1.93. The van der Waals surface area contributed by atoms with Gasteiger partial charge in [0, 0.05) is 24.5 Å². The summed E-state index contributed by atoms with van der Waals surface area (Å²) >= 11 is 0. The van der Waals surface area contributed by atoms with Gasteiger partial charge < -0.3 is 10.6 Å². The summed E-state index contributed by atoms with van der Waals surface area (Å²) in [5.41, 5.74) is 4.93. The monoisotopic (exact) mass is 240 g/mol. The van der Waals surface area contributed by atoms with Crippen LogP contribution in [-0.4, -0.2) is 6.54 Å². The van der Waals surface area contributed by atoms with E-state index in [0.29, 0.717) is 0 Å². The summed E-state index contributed by atoms with van der Waals surface area (Å²) in [4.78, 5) is 0. The van der Waals surface area contributed by atoms with Crippen LogP contribution in [0.15, 0.2) is 48.5 Å². The number of rotatable bonds is 5. The van der Waals surface area contributed by atoms with Gasteiger partial charge in [-0.1, -0.05) is 29.8 Å². The third kappa shape index (κ3) is 3.52. The first-order valence-corrected chi connectivity index (χ1v) is 6.41. The molecular formula is C16H20N2. The van der Waals surface area contributed by atoms with Crippen molar-refractivity contribution >= 4 is 11.4 Å². The molecule has 0 amide bonds. The summed E-state index contributed by atoms with van der Waals surface area (Å²) in [5, 5.41) is 6.72. The zero-order valence-corrected chi connectivity index (χ0v) is 11.0. The molecule has 2 aromatic carbocycles. The quantitative estimate of drug-likeness (QED) is 0.824. The van der Waals surface area contributed by atoms with Crippen LogP contribution in [0, 0.1) is 6.92 Å². The van der Waals surface area contributed by atoms with Crippen molar-refractivity contribution in [1.82, 2.24) is 0 Å². The van der Waals surface area contributed by atoms with Crippen LogP contribution >= 0.6 is 0 Å². The van der Waals surface area contributed by atoms with Crippen molar-refractivity contribution < 1.29 is 0 Å². The second-order valence-corrected chi connectivity index (χ2v) is 4.45. The maximum Gasteiger partial charge on any atom is 0.0400 e. The minimum Gasteiger partial charge on any atom is -0.385 e. The lowest BCUT2D eigenvalue weighted by molar-refractivity contribution is 1.14. The predicted octanol–water partition coefficient (Wildman–Crippen LogP) is 4.04. The van der Waals surface area contributed by atoms with Crippen molar-refractivity contribution in [3.05, 3.63) is 59.7 Å². The molecule has 0 saturated carbocycles. The van der Waals surface area contributed by atoms with Crippen molar-refractivity contribution in [3.63, 3.8) is 0 Å². The molecule has 18 heavy (non-hydrogen) atoms. The van der Waals surface area contributed by atoms with Crippen LogP contribution in [-0.2, 0) is 6.54 Å². The van der Waals surface area contributed by atoms with Gasteiger partial charge in [0.1, 0.15) is 0 Å². The van der Waals surface area contributed by atoms with Gasteiger partial charge in [0.05, 0.1) is 0 Å². The van der Waals surface area contributed by atoms with E-state index < -0.39 is 0 Å². The first kappa shape index (κ1) is 12.5. The Labute approximate surface area is 109 Å². The molecule has 0 bridgehead atoms. The molecule has 0 aliphatic carbocycles. The molecule has 0 radical (unpaired) electrons. The molecule has 0 atom stereocenters. The smallest absolute Gasteiger partial charge is 0.0400 e. The molecule has 0 fully saturated rings. The second-order valence-electron chi connectivity index (χ2n) is 4.45. The minimum atomic E-state index is 0.863. The average Bonchev–Trinajstić information content (AvgIpc) is 2.38. The van der Waals surface area contributed by atoms with E-state index in [-0.39, 0.29) is 0 Å². The van der Waals surface area contributed by atoms with Gasteiger partial charge in [-0.25, -0.2) is 0 Å². The van der Waals surface area contributed by atoms with E-state index in [1.807, 2.05) is 0 Å². The molecule has 0 spiro atoms. The fourth-order valence-corrected chi connectivity index (χ4v) is 1.94. The lowest BCUT2D eigenvalue weighted by Gasteiger charge is -2.08. The number of anilines is 2. The van der Waals surface area contributed by atoms with Crippen molar-refractivity contribution in [3.8, 4) is 0 Å². The number of hydrogen-bond donors (Lipinski definition) is 2. The summed E-state index contributed by atoms with van der Waals surface area (Å²) in [5.74, 6) is 0. The first-order valence-electron chi connectivity index (χ1n) is 6.41. The van der Waals surface area contributed by atoms with Gasteiger partial charge in [-0.3, -0.25) is 0 Å². The van der Waals surface area contributed by atoms with Gasteiger partial charge >= 0.3 is 0 Å². The third-order valence-corrected chi connectivity index (χ3v) is 2.84. The fourth-order valence-electron chi connectivity index (χ4n) is 1.94. The Bertz CT molecular complexity index is 489. The zero-order valence-electron chi connectivity index (χ0n) is 11.0. The second kappa shape index (κ2) is 6.10. The molecule has 0 aromatic heterocycles. The van der Waals surface area contributed by atoms with Crippen LogP contribution in [0.1, 0.15) is 18.1 Å². The summed E-state index contributed by atoms with van der Waals surface area (Å²) in [7, 11) is 0. The normalized spacial score (nSPS) is 10.1. The fraction of sp³-hybridized carbons (Fsp3) is 0.250. The Morgan fingerprint density at radius 3 is 2.17 bits per heavy atom. The van der Waals surface area contributed by atoms with Gasteiger partial charge in [-0.05, 0) is 43.7 Å². The number of nitrogens with one attached hydrogen (secondary N) is 2. The van der Waals surface area contributed by atoms with E-state index >= 15 is 0 Å². The maximum atomic E-state index is 3.43. The Kier molecular flexibility index (Phi) is 4.24. The van der Waals surface area contributed by atoms with E-state index in [9.17, 15) is 0 Å². The Hall–Kier alpha value is -1.96. The van der Waals surface area contributed by atoms with E-state index in [1.54, 1.807) is 0 Å². The summed E-state index contributed by atoms with van der Waals surface area (Å²) in [6.45, 7) is 6.04. The van der Waals surface area contributed by atoms with Crippen LogP contribution in [0.4, 0.5) is 11.4 Å². The molecule has 0 aliphatic heterocycles. The number of benzene rings is 2. The molecule has 0 saturated heterocycles. The highest BCUT2D eigenvalue weighted by Gasteiger charge is 1.95. The van der Waals surface area contributed by atoms with Gasteiger partial charge in [0.15, 0.2) is 0 Å². The van der Waals surface area contributed by atoms with Crippen molar-refractivity contribution in [2.75, 3.05) is 17.2 Å². The standard InChI is InChI=1S/C16H20N2/c1-3-17-15-7-9-16(10-8-15)18-12-14-6-4-5-13(2)11-14/h4-11,17-18H,3,12H2,1-2H3. The molecule has 0 aliphatic rings. The highest BCUT2D eigenvalue weighted by atomic mass is 14.9. The van der Waals surface area contributed by atoms with Crippen LogP contribution < -0.4 is 10.6 Å². The zero-order chi connectivity index (χ0) is 12.8. The van der Waals surface area contributed by atoms with Crippen LogP contribution in [0.3, 0.4) is 0 Å². The molecule has 2 N–H and O–H groups in total. The molecule has 0 heterocycles. The number of aryl methyl sites for hydroxylation is 1. The molecule has 2 nitrogen and oxygen atoms in total. The molecular weight excluding hydrogens is 220 g/mol. The Morgan fingerprint density at radius 2 is 1.56 bits per heavy atom. The Morgan fingerprint density at radius 1 is 0.889 bits per heavy atom. The van der Waals surface area contributed by atoms with E-state index in [4.69, 9.17) is 0 Å². The van der Waals surface area contributed by atoms with Crippen LogP contribution in [0.25, 0.3) is 0 Å². The molecule has 94 valence electrons. The third-order valence-electron chi connectivity index (χ3n) is 2.84.